The number of likely N-dealkylation sites (tertiary alicyclic amines) is 2. The summed E-state index contributed by atoms with van der Waals surface area (Å²) >= 11 is 0. The van der Waals surface area contributed by atoms with Crippen LogP contribution < -0.4 is 0 Å². The minimum atomic E-state index is -5.84. The quantitative estimate of drug-likeness (QED) is 0.207. The van der Waals surface area contributed by atoms with Crippen LogP contribution in [0.1, 0.15) is 37.1 Å². The average molecular weight is 678 g/mol. The fraction of sp³-hybridized carbons (Fsp3) is 0.545. The summed E-state index contributed by atoms with van der Waals surface area (Å²) in [4.78, 5) is 14.4. The second-order valence-electron chi connectivity index (χ2n) is 8.84. The number of nitrogens with zero attached hydrogens (tertiary/aromatic N) is 4. The van der Waals surface area contributed by atoms with Crippen LogP contribution in [0.2, 0.25) is 0 Å². The molecule has 2 fully saturated rings. The summed E-state index contributed by atoms with van der Waals surface area (Å²) in [5, 5.41) is 0. The van der Waals surface area contributed by atoms with Crippen molar-refractivity contribution in [1.82, 2.24) is 19.8 Å². The van der Waals surface area contributed by atoms with Gasteiger partial charge in [-0.2, -0.15) is 43.2 Å². The maximum atomic E-state index is 10.7. The molecule has 0 amide bonds. The first kappa shape index (κ1) is 37.2. The summed E-state index contributed by atoms with van der Waals surface area (Å²) in [5.41, 5.74) is -8.68. The van der Waals surface area contributed by atoms with Gasteiger partial charge in [0.1, 0.15) is 0 Å². The molecule has 4 rings (SSSR count). The second kappa shape index (κ2) is 15.6. The molecule has 0 spiro atoms. The topological polar surface area (TPSA) is 141 Å². The molecule has 2 aromatic rings. The maximum absolute atomic E-state index is 10.7. The van der Waals surface area contributed by atoms with Gasteiger partial charge >= 0.3 is 31.3 Å². The Labute approximate surface area is 244 Å². The predicted octanol–water partition coefficient (Wildman–Crippen LogP) is 3.89. The van der Waals surface area contributed by atoms with Crippen molar-refractivity contribution in [2.45, 2.75) is 61.9 Å². The van der Waals surface area contributed by atoms with E-state index in [0.29, 0.717) is 12.1 Å². The van der Waals surface area contributed by atoms with E-state index >= 15 is 0 Å². The minimum Gasteiger partial charge on any atom is -0.293 e. The second-order valence-corrected chi connectivity index (χ2v) is 11.7. The molecule has 4 heterocycles. The van der Waals surface area contributed by atoms with E-state index < -0.39 is 31.3 Å². The van der Waals surface area contributed by atoms with E-state index in [0.717, 1.165) is 13.1 Å². The summed E-state index contributed by atoms with van der Waals surface area (Å²) in [6, 6.07) is 13.8. The summed E-state index contributed by atoms with van der Waals surface area (Å²) in [5.74, 6) is 0. The van der Waals surface area contributed by atoms with E-state index in [1.165, 1.54) is 50.2 Å². The molecule has 41 heavy (non-hydrogen) atoms. The third kappa shape index (κ3) is 12.1. The van der Waals surface area contributed by atoms with E-state index in [2.05, 4.69) is 44.0 Å². The van der Waals surface area contributed by atoms with Crippen molar-refractivity contribution in [2.75, 3.05) is 13.1 Å². The SMILES string of the molecule is O=S(=O)(O)C(F)(F)F.O=S(=O)(O)C(F)(F)F.[Fe].c1ccc(CN2CCCC2C2CCCN2Cc2ccccn2)nc1. The first-order chi connectivity index (χ1) is 18.4. The normalized spacial score (nSPS) is 20.3. The van der Waals surface area contributed by atoms with Crippen LogP contribution in [-0.4, -0.2) is 81.9 Å². The van der Waals surface area contributed by atoms with Gasteiger partial charge in [-0.25, -0.2) is 0 Å². The smallest absolute Gasteiger partial charge is 0.293 e. The van der Waals surface area contributed by atoms with Crippen LogP contribution in [0.3, 0.4) is 0 Å². The molecule has 2 aliphatic rings. The predicted molar refractivity (Wildman–Crippen MR) is 131 cm³/mol. The Kier molecular flexibility index (Phi) is 14.1. The molecule has 2 aliphatic heterocycles. The zero-order valence-corrected chi connectivity index (χ0v) is 23.9. The Morgan fingerprint density at radius 1 is 0.707 bits per heavy atom. The van der Waals surface area contributed by atoms with Gasteiger partial charge in [-0.1, -0.05) is 12.1 Å². The molecular formula is C22H28F6FeN4O6S2. The summed E-state index contributed by atoms with van der Waals surface area (Å²) in [6.07, 6.45) is 9.07. The Hall–Kier alpha value is -1.86. The Morgan fingerprint density at radius 3 is 1.27 bits per heavy atom. The first-order valence-electron chi connectivity index (χ1n) is 11.8. The van der Waals surface area contributed by atoms with Gasteiger partial charge < -0.3 is 0 Å². The van der Waals surface area contributed by atoms with Gasteiger partial charge in [-0.05, 0) is 63.0 Å². The zero-order valence-electron chi connectivity index (χ0n) is 21.2. The Balaban J connectivity index is 0.000000413. The van der Waals surface area contributed by atoms with Gasteiger partial charge in [0.25, 0.3) is 0 Å². The van der Waals surface area contributed by atoms with E-state index in [1.807, 2.05) is 24.5 Å². The molecule has 19 heteroatoms. The third-order valence-electron chi connectivity index (χ3n) is 6.04. The molecule has 0 aliphatic carbocycles. The van der Waals surface area contributed by atoms with Crippen molar-refractivity contribution >= 4 is 20.2 Å². The van der Waals surface area contributed by atoms with Crippen LogP contribution in [0.25, 0.3) is 0 Å². The molecule has 2 unspecified atom stereocenters. The van der Waals surface area contributed by atoms with Crippen molar-refractivity contribution in [1.29, 1.82) is 0 Å². The number of halogens is 6. The van der Waals surface area contributed by atoms with Gasteiger partial charge in [-0.3, -0.25) is 28.9 Å². The van der Waals surface area contributed by atoms with E-state index in [4.69, 9.17) is 25.9 Å². The summed E-state index contributed by atoms with van der Waals surface area (Å²) in [7, 11) is -11.7. The largest absolute Gasteiger partial charge is 0.522 e. The number of aromatic nitrogens is 2. The molecule has 2 saturated heterocycles. The van der Waals surface area contributed by atoms with Gasteiger partial charge in [0.15, 0.2) is 0 Å². The molecule has 2 atom stereocenters. The number of rotatable bonds is 5. The fourth-order valence-corrected chi connectivity index (χ4v) is 4.37. The van der Waals surface area contributed by atoms with Crippen LogP contribution in [0, 0.1) is 0 Å². The fourth-order valence-electron chi connectivity index (χ4n) is 4.37. The van der Waals surface area contributed by atoms with Crippen molar-refractivity contribution in [2.24, 2.45) is 0 Å². The van der Waals surface area contributed by atoms with Crippen LogP contribution in [0.4, 0.5) is 26.3 Å². The molecular weight excluding hydrogens is 650 g/mol. The van der Waals surface area contributed by atoms with Gasteiger partial charge in [0.05, 0.1) is 11.4 Å². The molecule has 10 nitrogen and oxygen atoms in total. The van der Waals surface area contributed by atoms with Gasteiger partial charge in [0, 0.05) is 54.6 Å². The molecule has 0 aromatic carbocycles. The molecule has 234 valence electrons. The molecule has 0 bridgehead atoms. The molecule has 0 radical (unpaired) electrons. The summed E-state index contributed by atoms with van der Waals surface area (Å²) < 4.78 is 115. The number of pyridine rings is 2. The van der Waals surface area contributed by atoms with Crippen LogP contribution in [-0.2, 0) is 50.4 Å². The van der Waals surface area contributed by atoms with Crippen molar-refractivity contribution in [3.63, 3.8) is 0 Å². The number of alkyl halides is 6. The van der Waals surface area contributed by atoms with Crippen LogP contribution in [0.15, 0.2) is 48.8 Å². The zero-order chi connectivity index (χ0) is 30.2. The first-order valence-corrected chi connectivity index (χ1v) is 14.6. The molecule has 2 N–H and O–H groups in total. The standard InChI is InChI=1S/C20H26N4.2CHF3O3S.Fe/c1-3-11-21-17(7-1)15-23-13-5-9-19(23)20-10-6-14-24(20)16-18-8-2-4-12-22-18;2*2-1(3,4)8(5,6)7;/h1-4,7-8,11-12,19-20H,5-6,9-10,13-16H2;2*(H,5,6,7);. The maximum Gasteiger partial charge on any atom is 0.522 e. The van der Waals surface area contributed by atoms with Gasteiger partial charge in [-0.15, -0.1) is 0 Å². The molecule has 2 aromatic heterocycles. The van der Waals surface area contributed by atoms with Crippen molar-refractivity contribution < 1.29 is 69.4 Å². The number of hydrogen-bond donors (Lipinski definition) is 2. The summed E-state index contributed by atoms with van der Waals surface area (Å²) in [6.45, 7) is 4.38. The average Bonchev–Trinajstić information content (AvgIpc) is 3.48. The monoisotopic (exact) mass is 678 g/mol. The van der Waals surface area contributed by atoms with Crippen LogP contribution >= 0.6 is 0 Å². The van der Waals surface area contributed by atoms with E-state index in [9.17, 15) is 26.3 Å². The Morgan fingerprint density at radius 2 is 1.02 bits per heavy atom. The Bertz CT molecular complexity index is 1170. The number of hydrogen-bond acceptors (Lipinski definition) is 8. The van der Waals surface area contributed by atoms with Crippen molar-refractivity contribution in [3.05, 3.63) is 60.2 Å². The van der Waals surface area contributed by atoms with Crippen molar-refractivity contribution in [3.8, 4) is 0 Å². The van der Waals surface area contributed by atoms with E-state index in [-0.39, 0.29) is 17.1 Å². The minimum absolute atomic E-state index is 0. The van der Waals surface area contributed by atoms with E-state index in [1.54, 1.807) is 0 Å². The van der Waals surface area contributed by atoms with Gasteiger partial charge in [0.2, 0.25) is 0 Å². The molecule has 0 saturated carbocycles. The van der Waals surface area contributed by atoms with Crippen LogP contribution in [0.5, 0.6) is 0 Å². The third-order valence-corrected chi connectivity index (χ3v) is 7.21.